The highest BCUT2D eigenvalue weighted by molar-refractivity contribution is 9.10. The maximum Gasteiger partial charge on any atom is 0.328 e. The van der Waals surface area contributed by atoms with E-state index in [9.17, 15) is 14.4 Å². The van der Waals surface area contributed by atoms with E-state index >= 15 is 0 Å². The number of halogens is 1. The number of ketones is 1. The van der Waals surface area contributed by atoms with Gasteiger partial charge in [-0.15, -0.1) is 0 Å². The highest BCUT2D eigenvalue weighted by atomic mass is 79.9. The van der Waals surface area contributed by atoms with Crippen LogP contribution in [0.5, 0.6) is 0 Å². The smallest absolute Gasteiger partial charge is 0.292 e. The number of rotatable bonds is 3. The Morgan fingerprint density at radius 1 is 1.30 bits per heavy atom. The molecule has 104 valence electrons. The molecule has 0 fully saturated rings. The Morgan fingerprint density at radius 3 is 2.65 bits per heavy atom. The summed E-state index contributed by atoms with van der Waals surface area (Å²) in [6, 6.07) is 5.52. The van der Waals surface area contributed by atoms with Crippen LogP contribution in [0.1, 0.15) is 21.5 Å². The van der Waals surface area contributed by atoms with Gasteiger partial charge in [-0.05, 0) is 35.3 Å². The Balaban J connectivity index is 2.35. The molecule has 0 aliphatic carbocycles. The van der Waals surface area contributed by atoms with Gasteiger partial charge < -0.3 is 0 Å². The molecule has 1 aromatic carbocycles. The first-order chi connectivity index (χ1) is 9.38. The summed E-state index contributed by atoms with van der Waals surface area (Å²) in [6.07, 6.45) is 1.32. The number of Topliss-reactive ketones (excluding diaryl/α,β-unsaturated/α-hetero) is 1. The maximum absolute atomic E-state index is 12.2. The number of nitrogens with one attached hydrogen (secondary N) is 1. The van der Waals surface area contributed by atoms with Crippen LogP contribution >= 0.6 is 15.9 Å². The van der Waals surface area contributed by atoms with E-state index in [1.165, 1.54) is 10.8 Å². The van der Waals surface area contributed by atoms with Crippen molar-refractivity contribution >= 4 is 21.7 Å². The largest absolute Gasteiger partial charge is 0.328 e. The van der Waals surface area contributed by atoms with Gasteiger partial charge in [0.05, 0.1) is 11.0 Å². The molecule has 0 aliphatic rings. The van der Waals surface area contributed by atoms with E-state index in [2.05, 4.69) is 20.9 Å². The average Bonchev–Trinajstić information content (AvgIpc) is 2.35. The minimum atomic E-state index is -0.601. The van der Waals surface area contributed by atoms with E-state index in [1.807, 2.05) is 26.0 Å². The summed E-state index contributed by atoms with van der Waals surface area (Å²) in [4.78, 5) is 37.2. The van der Waals surface area contributed by atoms with Crippen LogP contribution in [-0.2, 0) is 6.54 Å². The zero-order valence-corrected chi connectivity index (χ0v) is 12.7. The van der Waals surface area contributed by atoms with Gasteiger partial charge in [0.15, 0.2) is 5.78 Å². The third-order valence-electron chi connectivity index (χ3n) is 2.96. The van der Waals surface area contributed by atoms with E-state index in [-0.39, 0.29) is 16.8 Å². The minimum Gasteiger partial charge on any atom is -0.292 e. The zero-order chi connectivity index (χ0) is 14.9. The molecular weight excluding hydrogens is 324 g/mol. The van der Waals surface area contributed by atoms with Gasteiger partial charge in [-0.2, -0.15) is 0 Å². The molecule has 1 heterocycles. The second-order valence-electron chi connectivity index (χ2n) is 4.61. The van der Waals surface area contributed by atoms with Crippen LogP contribution in [0.15, 0.2) is 38.5 Å². The van der Waals surface area contributed by atoms with E-state index in [1.54, 1.807) is 6.07 Å². The van der Waals surface area contributed by atoms with Crippen LogP contribution in [0, 0.1) is 13.8 Å². The second kappa shape index (κ2) is 5.58. The first-order valence-corrected chi connectivity index (χ1v) is 6.77. The molecule has 6 heteroatoms. The average molecular weight is 337 g/mol. The third kappa shape index (κ3) is 2.96. The number of H-pyrrole nitrogens is 1. The molecule has 0 saturated heterocycles. The lowest BCUT2D eigenvalue weighted by Gasteiger charge is -2.08. The van der Waals surface area contributed by atoms with Gasteiger partial charge in [0.1, 0.15) is 0 Å². The predicted molar refractivity (Wildman–Crippen MR) is 79.3 cm³/mol. The predicted octanol–water partition coefficient (Wildman–Crippen LogP) is 1.80. The van der Waals surface area contributed by atoms with Crippen molar-refractivity contribution in [2.45, 2.75) is 20.4 Å². The third-order valence-corrected chi connectivity index (χ3v) is 3.53. The fourth-order valence-electron chi connectivity index (χ4n) is 1.97. The number of aromatic nitrogens is 2. The molecule has 2 rings (SSSR count). The molecule has 5 nitrogen and oxygen atoms in total. The van der Waals surface area contributed by atoms with Crippen LogP contribution in [0.2, 0.25) is 0 Å². The summed E-state index contributed by atoms with van der Waals surface area (Å²) in [5.74, 6) is -0.177. The maximum atomic E-state index is 12.2. The van der Waals surface area contributed by atoms with Gasteiger partial charge in [0.2, 0.25) is 0 Å². The van der Waals surface area contributed by atoms with E-state index in [0.29, 0.717) is 5.56 Å². The fraction of sp³-hybridized carbons (Fsp3) is 0.214. The molecule has 1 aromatic heterocycles. The number of hydrogen-bond acceptors (Lipinski definition) is 3. The Bertz CT molecular complexity index is 790. The normalized spacial score (nSPS) is 10.6. The van der Waals surface area contributed by atoms with Crippen molar-refractivity contribution in [1.82, 2.24) is 9.55 Å². The van der Waals surface area contributed by atoms with Crippen molar-refractivity contribution < 1.29 is 4.79 Å². The Kier molecular flexibility index (Phi) is 4.04. The van der Waals surface area contributed by atoms with Gasteiger partial charge in [-0.1, -0.05) is 23.8 Å². The molecule has 0 bridgehead atoms. The van der Waals surface area contributed by atoms with Crippen molar-refractivity contribution in [3.05, 3.63) is 66.4 Å². The van der Waals surface area contributed by atoms with Gasteiger partial charge in [0.25, 0.3) is 5.56 Å². The van der Waals surface area contributed by atoms with Crippen LogP contribution in [0.25, 0.3) is 0 Å². The SMILES string of the molecule is Cc1ccc(C(=O)Cn2cc(Br)c(=O)[nH]c2=O)c(C)c1. The highest BCUT2D eigenvalue weighted by Gasteiger charge is 2.11. The van der Waals surface area contributed by atoms with Gasteiger partial charge in [-0.25, -0.2) is 4.79 Å². The second-order valence-corrected chi connectivity index (χ2v) is 5.46. The molecule has 0 saturated carbocycles. The van der Waals surface area contributed by atoms with Crippen LogP contribution in [0.4, 0.5) is 0 Å². The standard InChI is InChI=1S/C14H13BrN2O3/c1-8-3-4-10(9(2)5-8)12(18)7-17-6-11(15)13(19)16-14(17)20/h3-6H,7H2,1-2H3,(H,16,19,20). The number of carbonyl (C=O) groups excluding carboxylic acids is 1. The molecule has 0 spiro atoms. The first-order valence-electron chi connectivity index (χ1n) is 5.98. The van der Waals surface area contributed by atoms with Crippen molar-refractivity contribution in [3.63, 3.8) is 0 Å². The Hall–Kier alpha value is -1.95. The zero-order valence-electron chi connectivity index (χ0n) is 11.1. The lowest BCUT2D eigenvalue weighted by molar-refractivity contribution is 0.0969. The molecule has 0 radical (unpaired) electrons. The summed E-state index contributed by atoms with van der Waals surface area (Å²) in [6.45, 7) is 3.69. The van der Waals surface area contributed by atoms with Crippen molar-refractivity contribution in [1.29, 1.82) is 0 Å². The Morgan fingerprint density at radius 2 is 2.00 bits per heavy atom. The number of hydrogen-bond donors (Lipinski definition) is 1. The number of nitrogens with zero attached hydrogens (tertiary/aromatic N) is 1. The minimum absolute atomic E-state index is 0.113. The van der Waals surface area contributed by atoms with Crippen molar-refractivity contribution in [3.8, 4) is 0 Å². The number of benzene rings is 1. The molecule has 0 amide bonds. The monoisotopic (exact) mass is 336 g/mol. The van der Waals surface area contributed by atoms with Crippen molar-refractivity contribution in [2.75, 3.05) is 0 Å². The van der Waals surface area contributed by atoms with Crippen LogP contribution in [0.3, 0.4) is 0 Å². The molecule has 2 aromatic rings. The highest BCUT2D eigenvalue weighted by Crippen LogP contribution is 2.12. The van der Waals surface area contributed by atoms with Gasteiger partial charge in [0, 0.05) is 11.8 Å². The summed E-state index contributed by atoms with van der Waals surface area (Å²) in [7, 11) is 0. The number of aryl methyl sites for hydroxylation is 2. The summed E-state index contributed by atoms with van der Waals surface area (Å²) >= 11 is 3.04. The lowest BCUT2D eigenvalue weighted by atomic mass is 10.0. The summed E-state index contributed by atoms with van der Waals surface area (Å²) in [5, 5.41) is 0. The van der Waals surface area contributed by atoms with E-state index in [4.69, 9.17) is 0 Å². The van der Waals surface area contributed by atoms with Crippen molar-refractivity contribution in [2.24, 2.45) is 0 Å². The van der Waals surface area contributed by atoms with Crippen LogP contribution < -0.4 is 11.2 Å². The van der Waals surface area contributed by atoms with E-state index < -0.39 is 11.2 Å². The quantitative estimate of drug-likeness (QED) is 0.868. The molecule has 0 aliphatic heterocycles. The molecule has 1 N–H and O–H groups in total. The Labute approximate surface area is 123 Å². The first kappa shape index (κ1) is 14.5. The topological polar surface area (TPSA) is 71.9 Å². The number of carbonyl (C=O) groups is 1. The lowest BCUT2D eigenvalue weighted by Crippen LogP contribution is -2.32. The van der Waals surface area contributed by atoms with Gasteiger partial charge in [-0.3, -0.25) is 19.1 Å². The molecule has 0 atom stereocenters. The molecule has 0 unspecified atom stereocenters. The molecule has 20 heavy (non-hydrogen) atoms. The van der Waals surface area contributed by atoms with E-state index in [0.717, 1.165) is 11.1 Å². The fourth-order valence-corrected chi connectivity index (χ4v) is 2.31. The van der Waals surface area contributed by atoms with Crippen LogP contribution in [-0.4, -0.2) is 15.3 Å². The summed E-state index contributed by atoms with van der Waals surface area (Å²) < 4.78 is 1.39. The number of aromatic amines is 1. The van der Waals surface area contributed by atoms with Gasteiger partial charge >= 0.3 is 5.69 Å². The molecular formula is C14H13BrN2O3. The summed E-state index contributed by atoms with van der Waals surface area (Å²) in [5.41, 5.74) is 1.40.